The lowest BCUT2D eigenvalue weighted by Gasteiger charge is -2.22. The van der Waals surface area contributed by atoms with Crippen LogP contribution in [0.5, 0.6) is 11.5 Å². The van der Waals surface area contributed by atoms with Gasteiger partial charge in [-0.2, -0.15) is 0 Å². The number of aliphatic hydroxyl groups excluding tert-OH is 1. The number of rotatable bonds is 9. The summed E-state index contributed by atoms with van der Waals surface area (Å²) in [5, 5.41) is 22.4. The molecule has 0 saturated carbocycles. The maximum Gasteiger partial charge on any atom is 0.301 e. The molecule has 0 unspecified atom stereocenters. The van der Waals surface area contributed by atoms with Crippen LogP contribution < -0.4 is 14.4 Å². The largest absolute Gasteiger partial charge is 0.507 e. The number of amides is 1. The molecule has 1 aliphatic rings. The number of thioether (sulfide) groups is 1. The molecule has 1 fully saturated rings. The van der Waals surface area contributed by atoms with Gasteiger partial charge in [-0.25, -0.2) is 4.39 Å². The van der Waals surface area contributed by atoms with Gasteiger partial charge in [0.25, 0.3) is 5.78 Å². The lowest BCUT2D eigenvalue weighted by molar-refractivity contribution is -0.132. The average Bonchev–Trinajstić information content (AvgIpc) is 3.61. The van der Waals surface area contributed by atoms with Gasteiger partial charge in [0.2, 0.25) is 5.13 Å². The summed E-state index contributed by atoms with van der Waals surface area (Å²) in [6.07, 6.45) is 0. The van der Waals surface area contributed by atoms with Crippen LogP contribution in [0.2, 0.25) is 0 Å². The minimum absolute atomic E-state index is 0.0209. The Hall–Kier alpha value is -4.74. The number of carbonyl (C=O) groups excluding carboxylic acids is 2. The van der Waals surface area contributed by atoms with Gasteiger partial charge in [-0.15, -0.1) is 10.2 Å². The van der Waals surface area contributed by atoms with E-state index in [0.717, 1.165) is 22.4 Å². The van der Waals surface area contributed by atoms with Crippen LogP contribution in [-0.4, -0.2) is 40.7 Å². The molecule has 1 saturated heterocycles. The first-order valence-corrected chi connectivity index (χ1v) is 15.5. The van der Waals surface area contributed by atoms with Gasteiger partial charge in [-0.1, -0.05) is 77.7 Å². The molecule has 1 aromatic heterocycles. The third-order valence-electron chi connectivity index (χ3n) is 7.21. The normalized spacial score (nSPS) is 16.1. The van der Waals surface area contributed by atoms with Gasteiger partial charge in [0, 0.05) is 11.3 Å². The topological polar surface area (TPSA) is 102 Å². The quantitative estimate of drug-likeness (QED) is 0.0604. The van der Waals surface area contributed by atoms with Crippen molar-refractivity contribution in [3.05, 3.63) is 113 Å². The van der Waals surface area contributed by atoms with Crippen molar-refractivity contribution in [1.29, 1.82) is 0 Å². The van der Waals surface area contributed by atoms with Crippen molar-refractivity contribution in [2.75, 3.05) is 18.6 Å². The number of aromatic nitrogens is 2. The molecule has 44 heavy (non-hydrogen) atoms. The number of hydrogen-bond donors (Lipinski definition) is 1. The number of methoxy groups -OCH3 is 1. The lowest BCUT2D eigenvalue weighted by atomic mass is 9.95. The number of benzene rings is 4. The van der Waals surface area contributed by atoms with E-state index in [1.165, 1.54) is 47.2 Å². The minimum atomic E-state index is -1.04. The van der Waals surface area contributed by atoms with Crippen LogP contribution in [0.1, 0.15) is 29.7 Å². The van der Waals surface area contributed by atoms with Crippen LogP contribution >= 0.6 is 23.1 Å². The Balaban J connectivity index is 1.37. The van der Waals surface area contributed by atoms with Crippen LogP contribution in [0, 0.1) is 5.82 Å². The summed E-state index contributed by atoms with van der Waals surface area (Å²) in [5.74, 6) is -1.82. The van der Waals surface area contributed by atoms with Gasteiger partial charge < -0.3 is 14.6 Å². The summed E-state index contributed by atoms with van der Waals surface area (Å²) < 4.78 is 25.7. The van der Waals surface area contributed by atoms with Crippen molar-refractivity contribution in [1.82, 2.24) is 10.2 Å². The molecule has 0 spiro atoms. The van der Waals surface area contributed by atoms with Crippen LogP contribution in [0.4, 0.5) is 9.52 Å². The molecule has 1 atom stereocenters. The molecule has 5 aromatic rings. The maximum absolute atomic E-state index is 14.6. The highest BCUT2D eigenvalue weighted by atomic mass is 32.2. The van der Waals surface area contributed by atoms with E-state index in [9.17, 15) is 19.1 Å². The zero-order valence-corrected chi connectivity index (χ0v) is 25.3. The van der Waals surface area contributed by atoms with Crippen LogP contribution in [0.25, 0.3) is 16.5 Å². The molecule has 1 aliphatic heterocycles. The highest BCUT2D eigenvalue weighted by molar-refractivity contribution is 8.00. The zero-order chi connectivity index (χ0) is 30.8. The Bertz CT molecular complexity index is 1900. The number of nitrogens with zero attached hydrogens (tertiary/aromatic N) is 3. The Morgan fingerprint density at radius 2 is 1.80 bits per heavy atom. The van der Waals surface area contributed by atoms with Crippen LogP contribution in [0.3, 0.4) is 0 Å². The van der Waals surface area contributed by atoms with Gasteiger partial charge in [0.05, 0.1) is 25.3 Å². The molecule has 1 N–H and O–H groups in total. The number of hydrogen-bond acceptors (Lipinski definition) is 9. The first-order valence-electron chi connectivity index (χ1n) is 13.7. The Labute approximate surface area is 260 Å². The summed E-state index contributed by atoms with van der Waals surface area (Å²) in [7, 11) is 1.33. The third kappa shape index (κ3) is 5.51. The number of carbonyl (C=O) groups is 2. The number of aliphatic hydroxyl groups is 1. The minimum Gasteiger partial charge on any atom is -0.507 e. The van der Waals surface area contributed by atoms with E-state index in [-0.39, 0.29) is 22.0 Å². The van der Waals surface area contributed by atoms with Gasteiger partial charge in [0.1, 0.15) is 11.5 Å². The number of ketones is 1. The molecule has 6 rings (SSSR count). The number of Topliss-reactive ketones (excluding diaryl/α,β-unsaturated/α-hetero) is 1. The average molecular weight is 628 g/mol. The molecule has 11 heteroatoms. The predicted octanol–water partition coefficient (Wildman–Crippen LogP) is 7.16. The maximum atomic E-state index is 14.6. The molecule has 0 radical (unpaired) electrons. The lowest BCUT2D eigenvalue weighted by Crippen LogP contribution is -2.29. The van der Waals surface area contributed by atoms with E-state index in [4.69, 9.17) is 9.47 Å². The molecule has 2 heterocycles. The second kappa shape index (κ2) is 12.5. The van der Waals surface area contributed by atoms with E-state index in [2.05, 4.69) is 34.5 Å². The van der Waals surface area contributed by atoms with E-state index in [1.54, 1.807) is 24.3 Å². The van der Waals surface area contributed by atoms with Crippen molar-refractivity contribution in [2.24, 2.45) is 0 Å². The molecule has 0 bridgehead atoms. The smallest absolute Gasteiger partial charge is 0.301 e. The van der Waals surface area contributed by atoms with Crippen LogP contribution in [-0.2, 0) is 15.3 Å². The van der Waals surface area contributed by atoms with Crippen LogP contribution in [0.15, 0.2) is 94.8 Å². The molecule has 1 amide bonds. The monoisotopic (exact) mass is 627 g/mol. The van der Waals surface area contributed by atoms with E-state index >= 15 is 0 Å². The van der Waals surface area contributed by atoms with Gasteiger partial charge in [-0.05, 0) is 59.2 Å². The Kier molecular flexibility index (Phi) is 8.32. The first kappa shape index (κ1) is 29.3. The van der Waals surface area contributed by atoms with Gasteiger partial charge in [0.15, 0.2) is 15.9 Å². The summed E-state index contributed by atoms with van der Waals surface area (Å²) >= 11 is 2.65. The SMILES string of the molecule is CCOc1ccc([C@@H]2C(=C(O)c3ccc(OC)c(F)c3)C(=O)C(=O)N2c2nnc(SCc3cccc4ccccc34)s2)cc1. The van der Waals surface area contributed by atoms with Gasteiger partial charge >= 0.3 is 5.91 Å². The first-order chi connectivity index (χ1) is 21.4. The van der Waals surface area contributed by atoms with Crippen molar-refractivity contribution in [3.8, 4) is 11.5 Å². The third-order valence-corrected chi connectivity index (χ3v) is 9.31. The fourth-order valence-corrected chi connectivity index (χ4v) is 7.01. The van der Waals surface area contributed by atoms with Crippen molar-refractivity contribution < 1.29 is 28.6 Å². The van der Waals surface area contributed by atoms with Crippen molar-refractivity contribution in [2.45, 2.75) is 23.1 Å². The molecule has 222 valence electrons. The highest BCUT2D eigenvalue weighted by Gasteiger charge is 2.48. The van der Waals surface area contributed by atoms with E-state index < -0.39 is 29.3 Å². The molecule has 8 nitrogen and oxygen atoms in total. The zero-order valence-electron chi connectivity index (χ0n) is 23.7. The number of fused-ring (bicyclic) bond motifs is 1. The molecule has 4 aromatic carbocycles. The standard InChI is InChI=1S/C33H26FN3O5S2/c1-3-42-23-14-11-20(12-15-23)28-27(29(38)21-13-16-26(41-2)25(34)17-21)30(39)31(40)37(28)32-35-36-33(44-32)43-18-22-9-6-8-19-7-4-5-10-24(19)22/h4-17,28,38H,3,18H2,1-2H3/t28-/m1/s1. The second-order valence-electron chi connectivity index (χ2n) is 9.80. The number of ether oxygens (including phenoxy) is 2. The Morgan fingerprint density at radius 3 is 2.55 bits per heavy atom. The summed E-state index contributed by atoms with van der Waals surface area (Å²) in [5.41, 5.74) is 1.50. The Morgan fingerprint density at radius 1 is 1.02 bits per heavy atom. The van der Waals surface area contributed by atoms with E-state index in [1.807, 2.05) is 25.1 Å². The highest BCUT2D eigenvalue weighted by Crippen LogP contribution is 2.44. The molecular weight excluding hydrogens is 602 g/mol. The van der Waals surface area contributed by atoms with Gasteiger partial charge in [-0.3, -0.25) is 14.5 Å². The second-order valence-corrected chi connectivity index (χ2v) is 12.0. The summed E-state index contributed by atoms with van der Waals surface area (Å²) in [6.45, 7) is 2.33. The molecular formula is C33H26FN3O5S2. The van der Waals surface area contributed by atoms with Crippen molar-refractivity contribution >= 4 is 56.5 Å². The number of halogens is 1. The molecule has 0 aliphatic carbocycles. The fourth-order valence-electron chi connectivity index (χ4n) is 5.14. The van der Waals surface area contributed by atoms with Crippen molar-refractivity contribution in [3.63, 3.8) is 0 Å². The fraction of sp³-hybridized carbons (Fsp3) is 0.152. The predicted molar refractivity (Wildman–Crippen MR) is 169 cm³/mol. The summed E-state index contributed by atoms with van der Waals surface area (Å²) in [6, 6.07) is 23.9. The summed E-state index contributed by atoms with van der Waals surface area (Å²) in [4.78, 5) is 28.3. The number of anilines is 1. The van der Waals surface area contributed by atoms with E-state index in [0.29, 0.717) is 28.0 Å².